The molecule has 30 heavy (non-hydrogen) atoms. The van der Waals surface area contributed by atoms with Gasteiger partial charge in [0.25, 0.3) is 0 Å². The highest BCUT2D eigenvalue weighted by molar-refractivity contribution is 5.43. The van der Waals surface area contributed by atoms with Gasteiger partial charge >= 0.3 is 0 Å². The van der Waals surface area contributed by atoms with E-state index in [9.17, 15) is 10.2 Å². The minimum Gasteiger partial charge on any atom is -0.493 e. The molecule has 1 aliphatic carbocycles. The SMILES string of the molecule is COc1cc(CN2CCC(CO)CC2)ccc1OC[C@H](O)CN(C)C1CCCCC1. The van der Waals surface area contributed by atoms with Crippen molar-refractivity contribution in [2.45, 2.75) is 63.6 Å². The van der Waals surface area contributed by atoms with E-state index in [1.54, 1.807) is 7.11 Å². The van der Waals surface area contributed by atoms with E-state index in [2.05, 4.69) is 22.9 Å². The van der Waals surface area contributed by atoms with Crippen LogP contribution in [0.25, 0.3) is 0 Å². The van der Waals surface area contributed by atoms with Crippen molar-refractivity contribution in [3.8, 4) is 11.5 Å². The second-order valence-corrected chi connectivity index (χ2v) is 9.08. The van der Waals surface area contributed by atoms with Crippen molar-refractivity contribution in [2.24, 2.45) is 5.92 Å². The number of likely N-dealkylation sites (N-methyl/N-ethyl adjacent to an activating group) is 1. The molecule has 0 bridgehead atoms. The molecule has 1 heterocycles. The number of hydrogen-bond acceptors (Lipinski definition) is 6. The lowest BCUT2D eigenvalue weighted by Gasteiger charge is -2.32. The molecule has 0 amide bonds. The first-order chi connectivity index (χ1) is 14.6. The largest absolute Gasteiger partial charge is 0.493 e. The van der Waals surface area contributed by atoms with Crippen molar-refractivity contribution in [3.05, 3.63) is 23.8 Å². The van der Waals surface area contributed by atoms with Crippen molar-refractivity contribution in [2.75, 3.05) is 47.0 Å². The quantitative estimate of drug-likeness (QED) is 0.607. The van der Waals surface area contributed by atoms with E-state index < -0.39 is 6.10 Å². The molecule has 6 heteroatoms. The standard InChI is InChI=1S/C24H40N2O4/c1-25(21-6-4-3-5-7-21)16-22(28)18-30-23-9-8-20(14-24(23)29-2)15-26-12-10-19(17-27)11-13-26/h8-9,14,19,21-22,27-28H,3-7,10-13,15-18H2,1-2H3/t22-/m1/s1. The van der Waals surface area contributed by atoms with Crippen LogP contribution in [0.4, 0.5) is 0 Å². The van der Waals surface area contributed by atoms with Crippen LogP contribution < -0.4 is 9.47 Å². The normalized spacial score (nSPS) is 20.4. The molecule has 170 valence electrons. The number of rotatable bonds is 10. The number of piperidine rings is 1. The van der Waals surface area contributed by atoms with E-state index in [0.717, 1.165) is 32.5 Å². The topological polar surface area (TPSA) is 65.4 Å². The van der Waals surface area contributed by atoms with Gasteiger partial charge < -0.3 is 24.6 Å². The lowest BCUT2D eigenvalue weighted by atomic mass is 9.94. The van der Waals surface area contributed by atoms with E-state index in [-0.39, 0.29) is 6.61 Å². The van der Waals surface area contributed by atoms with Crippen molar-refractivity contribution in [1.82, 2.24) is 9.80 Å². The van der Waals surface area contributed by atoms with Gasteiger partial charge in [-0.1, -0.05) is 25.3 Å². The second-order valence-electron chi connectivity index (χ2n) is 9.08. The molecule has 1 aliphatic heterocycles. The summed E-state index contributed by atoms with van der Waals surface area (Å²) in [7, 11) is 3.77. The van der Waals surface area contributed by atoms with Crippen molar-refractivity contribution < 1.29 is 19.7 Å². The molecule has 2 N–H and O–H groups in total. The van der Waals surface area contributed by atoms with Crippen molar-refractivity contribution >= 4 is 0 Å². The molecule has 6 nitrogen and oxygen atoms in total. The molecule has 3 rings (SSSR count). The van der Waals surface area contributed by atoms with Crippen LogP contribution in [0.1, 0.15) is 50.5 Å². The Morgan fingerprint density at radius 1 is 1.10 bits per heavy atom. The van der Waals surface area contributed by atoms with Gasteiger partial charge in [-0.05, 0) is 69.4 Å². The third kappa shape index (κ3) is 6.84. The van der Waals surface area contributed by atoms with Crippen LogP contribution >= 0.6 is 0 Å². The Balaban J connectivity index is 1.47. The summed E-state index contributed by atoms with van der Waals surface area (Å²) in [6.45, 7) is 4.12. The van der Waals surface area contributed by atoms with Gasteiger partial charge in [0.1, 0.15) is 12.7 Å². The molecule has 1 saturated carbocycles. The zero-order valence-corrected chi connectivity index (χ0v) is 18.8. The van der Waals surface area contributed by atoms with Crippen molar-refractivity contribution in [1.29, 1.82) is 0 Å². The third-order valence-electron chi connectivity index (χ3n) is 6.73. The lowest BCUT2D eigenvalue weighted by molar-refractivity contribution is 0.0553. The van der Waals surface area contributed by atoms with Gasteiger partial charge in [0.05, 0.1) is 7.11 Å². The lowest BCUT2D eigenvalue weighted by Crippen LogP contribution is -2.40. The van der Waals surface area contributed by atoms with Gasteiger partial charge in [-0.3, -0.25) is 4.90 Å². The molecule has 1 saturated heterocycles. The average molecular weight is 421 g/mol. The Hall–Kier alpha value is -1.34. The first-order valence-corrected chi connectivity index (χ1v) is 11.6. The first kappa shape index (κ1) is 23.3. The molecule has 1 aromatic rings. The van der Waals surface area contributed by atoms with E-state index in [0.29, 0.717) is 36.6 Å². The number of aliphatic hydroxyl groups excluding tert-OH is 2. The molecule has 1 aromatic carbocycles. The van der Waals surface area contributed by atoms with Crippen LogP contribution in [-0.2, 0) is 6.54 Å². The van der Waals surface area contributed by atoms with Gasteiger partial charge in [-0.15, -0.1) is 0 Å². The van der Waals surface area contributed by atoms with E-state index in [1.165, 1.54) is 37.7 Å². The zero-order valence-electron chi connectivity index (χ0n) is 18.8. The van der Waals surface area contributed by atoms with Crippen LogP contribution in [-0.4, -0.2) is 79.2 Å². The first-order valence-electron chi connectivity index (χ1n) is 11.6. The predicted octanol–water partition coefficient (Wildman–Crippen LogP) is 2.90. The molecule has 0 unspecified atom stereocenters. The minimum absolute atomic E-state index is 0.265. The number of hydrogen-bond donors (Lipinski definition) is 2. The van der Waals surface area contributed by atoms with Crippen LogP contribution in [0.5, 0.6) is 11.5 Å². The third-order valence-corrected chi connectivity index (χ3v) is 6.73. The van der Waals surface area contributed by atoms with Crippen LogP contribution in [0.3, 0.4) is 0 Å². The molecule has 1 atom stereocenters. The van der Waals surface area contributed by atoms with E-state index >= 15 is 0 Å². The summed E-state index contributed by atoms with van der Waals surface area (Å²) in [4.78, 5) is 4.71. The maximum atomic E-state index is 10.5. The monoisotopic (exact) mass is 420 g/mol. The number of nitrogens with zero attached hydrogens (tertiary/aromatic N) is 2. The summed E-state index contributed by atoms with van der Waals surface area (Å²) in [5, 5.41) is 19.8. The van der Waals surface area contributed by atoms with Crippen LogP contribution in [0, 0.1) is 5.92 Å². The van der Waals surface area contributed by atoms with Crippen LogP contribution in [0.2, 0.25) is 0 Å². The summed E-state index contributed by atoms with van der Waals surface area (Å²) in [6, 6.07) is 6.65. The average Bonchev–Trinajstić information content (AvgIpc) is 2.79. The summed E-state index contributed by atoms with van der Waals surface area (Å²) in [5.41, 5.74) is 1.19. The molecule has 2 aliphatic rings. The summed E-state index contributed by atoms with van der Waals surface area (Å²) in [5.74, 6) is 1.85. The predicted molar refractivity (Wildman–Crippen MR) is 119 cm³/mol. The van der Waals surface area contributed by atoms with Gasteiger partial charge in [-0.25, -0.2) is 0 Å². The number of methoxy groups -OCH3 is 1. The van der Waals surface area contributed by atoms with Gasteiger partial charge in [0, 0.05) is 25.7 Å². The van der Waals surface area contributed by atoms with E-state index in [4.69, 9.17) is 9.47 Å². The van der Waals surface area contributed by atoms with Crippen molar-refractivity contribution in [3.63, 3.8) is 0 Å². The number of aliphatic hydroxyl groups is 2. The number of ether oxygens (including phenoxy) is 2. The molecular weight excluding hydrogens is 380 g/mol. The minimum atomic E-state index is -0.519. The van der Waals surface area contributed by atoms with Crippen LogP contribution in [0.15, 0.2) is 18.2 Å². The Bertz CT molecular complexity index is 628. The maximum Gasteiger partial charge on any atom is 0.161 e. The summed E-state index contributed by atoms with van der Waals surface area (Å²) < 4.78 is 11.5. The van der Waals surface area contributed by atoms with Gasteiger partial charge in [-0.2, -0.15) is 0 Å². The molecular formula is C24H40N2O4. The second kappa shape index (κ2) is 11.9. The molecule has 2 fully saturated rings. The highest BCUT2D eigenvalue weighted by atomic mass is 16.5. The molecule has 0 spiro atoms. The molecule has 0 aromatic heterocycles. The highest BCUT2D eigenvalue weighted by Gasteiger charge is 2.21. The Kier molecular flexibility index (Phi) is 9.25. The maximum absolute atomic E-state index is 10.5. The Morgan fingerprint density at radius 2 is 1.83 bits per heavy atom. The van der Waals surface area contributed by atoms with E-state index in [1.807, 2.05) is 12.1 Å². The number of benzene rings is 1. The van der Waals surface area contributed by atoms with Gasteiger partial charge in [0.15, 0.2) is 11.5 Å². The molecule has 0 radical (unpaired) electrons. The Labute approximate surface area is 181 Å². The Morgan fingerprint density at radius 3 is 2.50 bits per heavy atom. The summed E-state index contributed by atoms with van der Waals surface area (Å²) >= 11 is 0. The van der Waals surface area contributed by atoms with Gasteiger partial charge in [0.2, 0.25) is 0 Å². The zero-order chi connectivity index (χ0) is 21.3. The fourth-order valence-corrected chi connectivity index (χ4v) is 4.76. The summed E-state index contributed by atoms with van der Waals surface area (Å²) in [6.07, 6.45) is 7.99. The fourth-order valence-electron chi connectivity index (χ4n) is 4.76. The smallest absolute Gasteiger partial charge is 0.161 e. The highest BCUT2D eigenvalue weighted by Crippen LogP contribution is 2.29. The fraction of sp³-hybridized carbons (Fsp3) is 0.750. The number of likely N-dealkylation sites (tertiary alicyclic amines) is 1.